The monoisotopic (exact) mass is 299 g/mol. The van der Waals surface area contributed by atoms with Gasteiger partial charge in [0, 0.05) is 12.6 Å². The number of nitro groups is 1. The summed E-state index contributed by atoms with van der Waals surface area (Å²) in [4.78, 5) is 43.3. The van der Waals surface area contributed by atoms with Gasteiger partial charge in [0.25, 0.3) is 11.6 Å². The summed E-state index contributed by atoms with van der Waals surface area (Å²) in [5.74, 6) is -3.78. The van der Waals surface area contributed by atoms with Crippen LogP contribution >= 0.6 is 0 Å². The van der Waals surface area contributed by atoms with E-state index in [1.807, 2.05) is 5.32 Å². The highest BCUT2D eigenvalue weighted by molar-refractivity contribution is 5.96. The van der Waals surface area contributed by atoms with Gasteiger partial charge in [-0.05, 0) is 6.92 Å². The van der Waals surface area contributed by atoms with Gasteiger partial charge in [-0.2, -0.15) is 0 Å². The highest BCUT2D eigenvalue weighted by atomic mass is 16.6. The van der Waals surface area contributed by atoms with Crippen LogP contribution in [-0.2, 0) is 16.1 Å². The quantitative estimate of drug-likeness (QED) is 0.476. The summed E-state index contributed by atoms with van der Waals surface area (Å²) in [6.45, 7) is 1.90. The number of aryl methyl sites for hydroxylation is 1. The van der Waals surface area contributed by atoms with Crippen molar-refractivity contribution in [1.82, 2.24) is 9.88 Å². The lowest BCUT2D eigenvalue weighted by atomic mass is 10.2. The number of carboxylic acid groups (broad SMARTS) is 2. The molecular formula is C11H13N3O7. The Kier molecular flexibility index (Phi) is 5.00. The normalized spacial score (nSPS) is 11.7. The first-order valence-electron chi connectivity index (χ1n) is 5.86. The number of carbonyl (C=O) groups is 3. The van der Waals surface area contributed by atoms with Crippen molar-refractivity contribution in [3.05, 3.63) is 28.1 Å². The number of nitrogens with one attached hydrogen (secondary N) is 1. The molecule has 1 aromatic rings. The molecule has 0 aliphatic rings. The maximum absolute atomic E-state index is 11.9. The van der Waals surface area contributed by atoms with Crippen LogP contribution in [0, 0.1) is 10.1 Å². The fraction of sp³-hybridized carbons (Fsp3) is 0.364. The number of rotatable bonds is 7. The lowest BCUT2D eigenvalue weighted by molar-refractivity contribution is -0.384. The lowest BCUT2D eigenvalue weighted by Crippen LogP contribution is -2.42. The third-order valence-corrected chi connectivity index (χ3v) is 2.65. The van der Waals surface area contributed by atoms with Crippen LogP contribution in [0.3, 0.4) is 0 Å². The van der Waals surface area contributed by atoms with Crippen molar-refractivity contribution >= 4 is 23.5 Å². The van der Waals surface area contributed by atoms with Crippen LogP contribution < -0.4 is 5.32 Å². The van der Waals surface area contributed by atoms with Crippen molar-refractivity contribution in [3.8, 4) is 0 Å². The molecule has 1 atom stereocenters. The largest absolute Gasteiger partial charge is 0.481 e. The number of hydrogen-bond donors (Lipinski definition) is 3. The summed E-state index contributed by atoms with van der Waals surface area (Å²) >= 11 is 0. The van der Waals surface area contributed by atoms with Gasteiger partial charge in [0.2, 0.25) is 0 Å². The number of nitrogens with zero attached hydrogens (tertiary/aromatic N) is 2. The summed E-state index contributed by atoms with van der Waals surface area (Å²) in [5, 5.41) is 30.1. The van der Waals surface area contributed by atoms with Gasteiger partial charge in [-0.3, -0.25) is 19.7 Å². The zero-order valence-corrected chi connectivity index (χ0v) is 11.0. The van der Waals surface area contributed by atoms with E-state index in [1.165, 1.54) is 4.57 Å². The van der Waals surface area contributed by atoms with Gasteiger partial charge in [0.05, 0.1) is 17.5 Å². The minimum atomic E-state index is -1.62. The second kappa shape index (κ2) is 6.50. The van der Waals surface area contributed by atoms with Crippen LogP contribution in [-0.4, -0.2) is 43.6 Å². The standard InChI is InChI=1S/C11H13N3O7/c1-2-13-5-6(14(20)21)3-8(13)10(17)12-7(11(18)19)4-9(15)16/h3,5,7H,2,4H2,1H3,(H,12,17)(H,15,16)(H,18,19)/t7-/m1/s1. The van der Waals surface area contributed by atoms with E-state index in [0.29, 0.717) is 0 Å². The molecule has 1 heterocycles. The van der Waals surface area contributed by atoms with Crippen molar-refractivity contribution in [2.24, 2.45) is 0 Å². The lowest BCUT2D eigenvalue weighted by Gasteiger charge is -2.13. The molecule has 0 unspecified atom stereocenters. The second-order valence-electron chi connectivity index (χ2n) is 4.09. The van der Waals surface area contributed by atoms with Gasteiger partial charge in [-0.25, -0.2) is 4.79 Å². The molecule has 114 valence electrons. The van der Waals surface area contributed by atoms with Gasteiger partial charge in [-0.1, -0.05) is 0 Å². The molecule has 0 spiro atoms. The average Bonchev–Trinajstić information content (AvgIpc) is 2.81. The van der Waals surface area contributed by atoms with Crippen LogP contribution in [0.25, 0.3) is 0 Å². The van der Waals surface area contributed by atoms with Gasteiger partial charge >= 0.3 is 11.9 Å². The molecule has 0 aliphatic heterocycles. The number of carboxylic acids is 2. The Morgan fingerprint density at radius 1 is 1.43 bits per heavy atom. The molecule has 21 heavy (non-hydrogen) atoms. The van der Waals surface area contributed by atoms with Crippen LogP contribution in [0.1, 0.15) is 23.8 Å². The topological polar surface area (TPSA) is 152 Å². The molecule has 1 amide bonds. The van der Waals surface area contributed by atoms with Crippen LogP contribution in [0.2, 0.25) is 0 Å². The van der Waals surface area contributed by atoms with Gasteiger partial charge in [0.1, 0.15) is 11.7 Å². The number of carbonyl (C=O) groups excluding carboxylic acids is 1. The zero-order chi connectivity index (χ0) is 16.2. The molecule has 0 fully saturated rings. The highest BCUT2D eigenvalue weighted by Crippen LogP contribution is 2.16. The maximum atomic E-state index is 11.9. The SMILES string of the molecule is CCn1cc([N+](=O)[O-])cc1C(=O)N[C@H](CC(=O)O)C(=O)O. The fourth-order valence-electron chi connectivity index (χ4n) is 1.65. The summed E-state index contributed by atoms with van der Waals surface area (Å²) in [7, 11) is 0. The van der Waals surface area contributed by atoms with Crippen LogP contribution in [0.5, 0.6) is 0 Å². The molecule has 0 radical (unpaired) electrons. The van der Waals surface area contributed by atoms with E-state index < -0.39 is 35.2 Å². The number of hydrogen-bond acceptors (Lipinski definition) is 5. The number of aromatic nitrogens is 1. The van der Waals surface area contributed by atoms with E-state index in [9.17, 15) is 24.5 Å². The highest BCUT2D eigenvalue weighted by Gasteiger charge is 2.26. The molecule has 0 bridgehead atoms. The number of aliphatic carboxylic acids is 2. The van der Waals surface area contributed by atoms with Crippen molar-refractivity contribution < 1.29 is 29.5 Å². The van der Waals surface area contributed by atoms with E-state index in [2.05, 4.69) is 0 Å². The van der Waals surface area contributed by atoms with E-state index in [-0.39, 0.29) is 17.9 Å². The van der Waals surface area contributed by atoms with E-state index in [1.54, 1.807) is 6.92 Å². The first-order chi connectivity index (χ1) is 9.76. The Morgan fingerprint density at radius 3 is 2.48 bits per heavy atom. The Hall–Kier alpha value is -2.91. The first kappa shape index (κ1) is 16.1. The summed E-state index contributed by atoms with van der Waals surface area (Å²) < 4.78 is 1.27. The van der Waals surface area contributed by atoms with Gasteiger partial charge < -0.3 is 20.1 Å². The predicted octanol–water partition coefficient (Wildman–Crippen LogP) is 0.0739. The molecule has 10 nitrogen and oxygen atoms in total. The smallest absolute Gasteiger partial charge is 0.326 e. The zero-order valence-electron chi connectivity index (χ0n) is 11.0. The Labute approximate surface area is 118 Å². The van der Waals surface area contributed by atoms with E-state index in [4.69, 9.17) is 10.2 Å². The van der Waals surface area contributed by atoms with Gasteiger partial charge in [0.15, 0.2) is 0 Å². The third kappa shape index (κ3) is 4.03. The molecule has 1 aromatic heterocycles. The maximum Gasteiger partial charge on any atom is 0.326 e. The summed E-state index contributed by atoms with van der Waals surface area (Å²) in [6, 6.07) is -0.618. The van der Waals surface area contributed by atoms with Crippen molar-refractivity contribution in [1.29, 1.82) is 0 Å². The average molecular weight is 299 g/mol. The Bertz CT molecular complexity index is 593. The fourth-order valence-corrected chi connectivity index (χ4v) is 1.65. The van der Waals surface area contributed by atoms with E-state index in [0.717, 1.165) is 12.3 Å². The minimum Gasteiger partial charge on any atom is -0.481 e. The third-order valence-electron chi connectivity index (χ3n) is 2.65. The molecule has 1 rings (SSSR count). The van der Waals surface area contributed by atoms with Crippen LogP contribution in [0.15, 0.2) is 12.3 Å². The summed E-state index contributed by atoms with van der Waals surface area (Å²) in [6.07, 6.45) is 0.345. The molecule has 0 aliphatic carbocycles. The van der Waals surface area contributed by atoms with Crippen molar-refractivity contribution in [3.63, 3.8) is 0 Å². The molecular weight excluding hydrogens is 286 g/mol. The minimum absolute atomic E-state index is 0.110. The second-order valence-corrected chi connectivity index (χ2v) is 4.09. The number of amides is 1. The van der Waals surface area contributed by atoms with Gasteiger partial charge in [-0.15, -0.1) is 0 Å². The molecule has 0 aromatic carbocycles. The summed E-state index contributed by atoms with van der Waals surface area (Å²) in [5.41, 5.74) is -0.423. The molecule has 0 saturated carbocycles. The van der Waals surface area contributed by atoms with E-state index >= 15 is 0 Å². The first-order valence-corrected chi connectivity index (χ1v) is 5.86. The molecule has 10 heteroatoms. The molecule has 0 saturated heterocycles. The van der Waals surface area contributed by atoms with Crippen molar-refractivity contribution in [2.75, 3.05) is 0 Å². The van der Waals surface area contributed by atoms with Crippen molar-refractivity contribution in [2.45, 2.75) is 25.9 Å². The Morgan fingerprint density at radius 2 is 2.05 bits per heavy atom. The Balaban J connectivity index is 2.99. The van der Waals surface area contributed by atoms with Crippen LogP contribution in [0.4, 0.5) is 5.69 Å². The molecule has 3 N–H and O–H groups in total. The predicted molar refractivity (Wildman–Crippen MR) is 67.9 cm³/mol.